The van der Waals surface area contributed by atoms with Gasteiger partial charge in [-0.25, -0.2) is 4.98 Å². The molecule has 5 nitrogen and oxygen atoms in total. The summed E-state index contributed by atoms with van der Waals surface area (Å²) >= 11 is 1.41. The molecule has 0 bridgehead atoms. The van der Waals surface area contributed by atoms with Crippen molar-refractivity contribution in [1.29, 1.82) is 0 Å². The highest BCUT2D eigenvalue weighted by Crippen LogP contribution is 2.15. The Morgan fingerprint density at radius 3 is 2.57 bits per heavy atom. The maximum Gasteiger partial charge on any atom is 0.263 e. The van der Waals surface area contributed by atoms with Gasteiger partial charge in [0.1, 0.15) is 4.88 Å². The van der Waals surface area contributed by atoms with Crippen molar-refractivity contribution in [3.8, 4) is 0 Å². The van der Waals surface area contributed by atoms with Crippen LogP contribution in [-0.2, 0) is 0 Å². The number of aryl methyl sites for hydroxylation is 1. The third kappa shape index (κ3) is 4.25. The van der Waals surface area contributed by atoms with Crippen molar-refractivity contribution in [3.05, 3.63) is 16.1 Å². The molecule has 0 saturated carbocycles. The lowest BCUT2D eigenvalue weighted by atomic mass is 10.0. The predicted molar refractivity (Wildman–Crippen MR) is 86.9 cm³/mol. The molecule has 1 aliphatic heterocycles. The average Bonchev–Trinajstić information content (AvgIpc) is 2.86. The van der Waals surface area contributed by atoms with Crippen LogP contribution in [-0.4, -0.2) is 66.5 Å². The van der Waals surface area contributed by atoms with Crippen LogP contribution < -0.4 is 5.32 Å². The molecule has 0 unspecified atom stereocenters. The van der Waals surface area contributed by atoms with Crippen LogP contribution in [0.5, 0.6) is 0 Å². The van der Waals surface area contributed by atoms with Gasteiger partial charge in [-0.05, 0) is 19.9 Å². The molecule has 2 heterocycles. The van der Waals surface area contributed by atoms with Crippen molar-refractivity contribution in [2.75, 3.05) is 39.8 Å². The highest BCUT2D eigenvalue weighted by Gasteiger charge is 2.25. The quantitative estimate of drug-likeness (QED) is 0.894. The summed E-state index contributed by atoms with van der Waals surface area (Å²) in [6.45, 7) is 11.4. The van der Waals surface area contributed by atoms with Gasteiger partial charge in [0.05, 0.1) is 11.2 Å². The van der Waals surface area contributed by atoms with Gasteiger partial charge in [0.25, 0.3) is 5.91 Å². The summed E-state index contributed by atoms with van der Waals surface area (Å²) in [6.07, 6.45) is 0. The molecule has 0 spiro atoms. The van der Waals surface area contributed by atoms with E-state index in [-0.39, 0.29) is 5.91 Å². The Kier molecular flexibility index (Phi) is 5.72. The fourth-order valence-corrected chi connectivity index (χ4v) is 3.46. The van der Waals surface area contributed by atoms with Gasteiger partial charge in [0.15, 0.2) is 0 Å². The highest BCUT2D eigenvalue weighted by molar-refractivity contribution is 7.11. The Morgan fingerprint density at radius 1 is 1.38 bits per heavy atom. The summed E-state index contributed by atoms with van der Waals surface area (Å²) in [5.74, 6) is 0.533. The summed E-state index contributed by atoms with van der Waals surface area (Å²) in [5, 5.41) is 3.09. The number of nitrogens with zero attached hydrogens (tertiary/aromatic N) is 3. The zero-order valence-electron chi connectivity index (χ0n) is 13.4. The Hall–Kier alpha value is -0.980. The van der Waals surface area contributed by atoms with E-state index in [9.17, 15) is 4.79 Å². The first-order chi connectivity index (χ1) is 9.99. The van der Waals surface area contributed by atoms with E-state index in [1.165, 1.54) is 11.3 Å². The van der Waals surface area contributed by atoms with Gasteiger partial charge in [0.2, 0.25) is 0 Å². The van der Waals surface area contributed by atoms with E-state index < -0.39 is 0 Å². The van der Waals surface area contributed by atoms with Gasteiger partial charge < -0.3 is 10.2 Å². The molecule has 0 aromatic carbocycles. The minimum atomic E-state index is 0.00905. The minimum absolute atomic E-state index is 0.00905. The number of thiazole rings is 1. The molecule has 0 radical (unpaired) electrons. The van der Waals surface area contributed by atoms with Crippen LogP contribution in [0.1, 0.15) is 29.2 Å². The second kappa shape index (κ2) is 7.33. The van der Waals surface area contributed by atoms with Gasteiger partial charge >= 0.3 is 0 Å². The smallest absolute Gasteiger partial charge is 0.263 e. The van der Waals surface area contributed by atoms with E-state index in [0.29, 0.717) is 18.5 Å². The van der Waals surface area contributed by atoms with Crippen molar-refractivity contribution in [2.24, 2.45) is 5.92 Å². The first-order valence-corrected chi connectivity index (χ1v) is 8.48. The van der Waals surface area contributed by atoms with Crippen LogP contribution in [0.2, 0.25) is 0 Å². The number of rotatable bonds is 5. The molecule has 1 fully saturated rings. The molecule has 1 N–H and O–H groups in total. The van der Waals surface area contributed by atoms with Crippen molar-refractivity contribution < 1.29 is 4.79 Å². The van der Waals surface area contributed by atoms with Gasteiger partial charge in [-0.1, -0.05) is 13.8 Å². The Bertz CT molecular complexity index is 466. The summed E-state index contributed by atoms with van der Waals surface area (Å²) in [6, 6.07) is 0.399. The fourth-order valence-electron chi connectivity index (χ4n) is 2.74. The number of hydrogen-bond acceptors (Lipinski definition) is 5. The molecule has 1 aromatic rings. The fraction of sp³-hybridized carbons (Fsp3) is 0.733. The minimum Gasteiger partial charge on any atom is -0.350 e. The SMILES string of the molecule is Cc1ncsc1C(=O)NC[C@H](C(C)C)N1CCN(C)CC1. The van der Waals surface area contributed by atoms with Crippen molar-refractivity contribution in [2.45, 2.75) is 26.8 Å². The first-order valence-electron chi connectivity index (χ1n) is 7.60. The molecule has 1 aliphatic rings. The van der Waals surface area contributed by atoms with Gasteiger partial charge in [-0.3, -0.25) is 9.69 Å². The monoisotopic (exact) mass is 310 g/mol. The zero-order chi connectivity index (χ0) is 15.4. The molecule has 0 aliphatic carbocycles. The topological polar surface area (TPSA) is 48.5 Å². The second-order valence-corrected chi connectivity index (χ2v) is 6.98. The summed E-state index contributed by atoms with van der Waals surface area (Å²) in [4.78, 5) is 22.0. The van der Waals surface area contributed by atoms with Gasteiger partial charge in [-0.15, -0.1) is 11.3 Å². The lowest BCUT2D eigenvalue weighted by Crippen LogP contribution is -2.54. The Morgan fingerprint density at radius 2 is 2.05 bits per heavy atom. The van der Waals surface area contributed by atoms with Crippen LogP contribution in [0.25, 0.3) is 0 Å². The summed E-state index contributed by atoms with van der Waals surface area (Å²) < 4.78 is 0. The van der Waals surface area contributed by atoms with E-state index >= 15 is 0 Å². The predicted octanol–water partition coefficient (Wildman–Crippen LogP) is 1.45. The largest absolute Gasteiger partial charge is 0.350 e. The number of carbonyl (C=O) groups is 1. The molecule has 118 valence electrons. The van der Waals surface area contributed by atoms with Crippen LogP contribution >= 0.6 is 11.3 Å². The van der Waals surface area contributed by atoms with Gasteiger partial charge in [0, 0.05) is 38.8 Å². The lowest BCUT2D eigenvalue weighted by Gasteiger charge is -2.39. The molecule has 1 atom stereocenters. The van der Waals surface area contributed by atoms with Crippen LogP contribution in [0, 0.1) is 12.8 Å². The third-order valence-electron chi connectivity index (χ3n) is 4.20. The standard InChI is InChI=1S/C15H26N4OS/c1-11(2)13(19-7-5-18(4)6-8-19)9-16-15(20)14-12(3)17-10-21-14/h10-11,13H,5-9H2,1-4H3,(H,16,20)/t13-/m1/s1. The Labute approximate surface area is 131 Å². The molecule has 1 amide bonds. The highest BCUT2D eigenvalue weighted by atomic mass is 32.1. The van der Waals surface area contributed by atoms with Crippen molar-refractivity contribution in [1.82, 2.24) is 20.1 Å². The van der Waals surface area contributed by atoms with Crippen molar-refractivity contribution in [3.63, 3.8) is 0 Å². The van der Waals surface area contributed by atoms with Crippen molar-refractivity contribution >= 4 is 17.2 Å². The molecule has 1 saturated heterocycles. The summed E-state index contributed by atoms with van der Waals surface area (Å²) in [7, 11) is 2.16. The molecular formula is C15H26N4OS. The van der Waals surface area contributed by atoms with E-state index in [0.717, 1.165) is 36.8 Å². The number of nitrogens with one attached hydrogen (secondary N) is 1. The molecule has 21 heavy (non-hydrogen) atoms. The summed E-state index contributed by atoms with van der Waals surface area (Å²) in [5.41, 5.74) is 2.54. The number of carbonyl (C=O) groups excluding carboxylic acids is 1. The van der Waals surface area contributed by atoms with E-state index in [1.807, 2.05) is 6.92 Å². The average molecular weight is 310 g/mol. The molecule has 1 aromatic heterocycles. The molecule has 2 rings (SSSR count). The van der Waals surface area contributed by atoms with E-state index in [4.69, 9.17) is 0 Å². The third-order valence-corrected chi connectivity index (χ3v) is 5.13. The second-order valence-electron chi connectivity index (χ2n) is 6.13. The normalized spacial score (nSPS) is 18.9. The van der Waals surface area contributed by atoms with Gasteiger partial charge in [-0.2, -0.15) is 0 Å². The van der Waals surface area contributed by atoms with E-state index in [1.54, 1.807) is 5.51 Å². The number of amides is 1. The zero-order valence-corrected chi connectivity index (χ0v) is 14.2. The number of hydrogen-bond donors (Lipinski definition) is 1. The number of likely N-dealkylation sites (N-methyl/N-ethyl adjacent to an activating group) is 1. The molecular weight excluding hydrogens is 284 g/mol. The van der Waals surface area contributed by atoms with Crippen LogP contribution in [0.15, 0.2) is 5.51 Å². The molecule has 6 heteroatoms. The lowest BCUT2D eigenvalue weighted by molar-refractivity contribution is 0.0792. The first kappa shape index (κ1) is 16.4. The number of aromatic nitrogens is 1. The Balaban J connectivity index is 1.91. The van der Waals surface area contributed by atoms with E-state index in [2.05, 4.69) is 41.0 Å². The maximum atomic E-state index is 12.2. The van der Waals surface area contributed by atoms with Crippen LogP contribution in [0.4, 0.5) is 0 Å². The van der Waals surface area contributed by atoms with Crippen LogP contribution in [0.3, 0.4) is 0 Å². The number of piperazine rings is 1. The maximum absolute atomic E-state index is 12.2.